The van der Waals surface area contributed by atoms with Crippen LogP contribution in [0.1, 0.15) is 106 Å². The molecule has 0 radical (unpaired) electrons. The van der Waals surface area contributed by atoms with Gasteiger partial charge in [0, 0.05) is 46.6 Å². The molecule has 4 heterocycles. The van der Waals surface area contributed by atoms with E-state index in [1.807, 2.05) is 19.1 Å². The summed E-state index contributed by atoms with van der Waals surface area (Å²) in [6.07, 6.45) is 3.43. The molecule has 16 nitrogen and oxygen atoms in total. The molecule has 64 heavy (non-hydrogen) atoms. The second kappa shape index (κ2) is 18.5. The van der Waals surface area contributed by atoms with Crippen LogP contribution in [0, 0.1) is 12.8 Å². The fourth-order valence-electron chi connectivity index (χ4n) is 8.69. The first-order valence-electron chi connectivity index (χ1n) is 20.5. The lowest BCUT2D eigenvalue weighted by molar-refractivity contribution is -0.141. The van der Waals surface area contributed by atoms with Crippen molar-refractivity contribution in [1.82, 2.24) is 34.5 Å². The van der Waals surface area contributed by atoms with Crippen molar-refractivity contribution in [2.45, 2.75) is 75.6 Å². The fourth-order valence-corrected chi connectivity index (χ4v) is 11.9. The van der Waals surface area contributed by atoms with Crippen LogP contribution in [0.4, 0.5) is 0 Å². The summed E-state index contributed by atoms with van der Waals surface area (Å²) in [7, 11) is 0.564. The van der Waals surface area contributed by atoms with E-state index in [4.69, 9.17) is 37.7 Å². The van der Waals surface area contributed by atoms with Crippen LogP contribution in [0.3, 0.4) is 0 Å². The van der Waals surface area contributed by atoms with E-state index in [1.165, 1.54) is 31.9 Å². The number of hydrogen-bond acceptors (Lipinski definition) is 13. The maximum absolute atomic E-state index is 14.7. The SMILES string of the molecule is COC(=O)C[C@@H]1N=C(c2ccc(Cl)cc2)c2c(sc(C(=O)C3CCCCC(S(=O)(=O)NCc4cc(C(CC(=O)O)c5cc(OC)c6c(c5)nnn6C)ccc4Cl)C3)c2C)-n2cnnc21. The lowest BCUT2D eigenvalue weighted by Crippen LogP contribution is -2.35. The minimum Gasteiger partial charge on any atom is -0.494 e. The number of fused-ring (bicyclic) bond motifs is 4. The van der Waals surface area contributed by atoms with Crippen LogP contribution in [0.25, 0.3) is 16.0 Å². The van der Waals surface area contributed by atoms with E-state index in [0.717, 1.165) is 5.56 Å². The maximum Gasteiger partial charge on any atom is 0.308 e. The maximum atomic E-state index is 14.7. The van der Waals surface area contributed by atoms with Gasteiger partial charge in [0.05, 0.1) is 42.9 Å². The molecule has 3 aromatic carbocycles. The Balaban J connectivity index is 1.06. The molecule has 1 aliphatic carbocycles. The number of nitrogens with one attached hydrogen (secondary N) is 1. The summed E-state index contributed by atoms with van der Waals surface area (Å²) in [6.45, 7) is 1.70. The number of ether oxygens (including phenoxy) is 2. The smallest absolute Gasteiger partial charge is 0.308 e. The van der Waals surface area contributed by atoms with Crippen LogP contribution < -0.4 is 9.46 Å². The number of methoxy groups -OCH3 is 2. The Bertz CT molecular complexity index is 2930. The van der Waals surface area contributed by atoms with Crippen LogP contribution in [-0.2, 0) is 37.9 Å². The number of benzene rings is 3. The van der Waals surface area contributed by atoms with Gasteiger partial charge in [-0.25, -0.2) is 17.8 Å². The van der Waals surface area contributed by atoms with Crippen LogP contribution in [-0.4, -0.2) is 86.2 Å². The predicted octanol–water partition coefficient (Wildman–Crippen LogP) is 7.55. The zero-order valence-electron chi connectivity index (χ0n) is 35.2. The summed E-state index contributed by atoms with van der Waals surface area (Å²) in [6, 6.07) is 15.0. The number of halogens is 2. The number of carbonyl (C=O) groups is 3. The average Bonchev–Trinajstić information content (AvgIpc) is 3.92. The molecule has 0 amide bonds. The Morgan fingerprint density at radius 3 is 2.52 bits per heavy atom. The first kappa shape index (κ1) is 45.1. The Hall–Kier alpha value is -5.53. The van der Waals surface area contributed by atoms with E-state index < -0.39 is 45.1 Å². The van der Waals surface area contributed by atoms with E-state index in [9.17, 15) is 27.9 Å². The summed E-state index contributed by atoms with van der Waals surface area (Å²) in [5, 5.41) is 27.3. The zero-order valence-corrected chi connectivity index (χ0v) is 38.4. The number of aliphatic carboxylic acids is 1. The number of carboxylic acid groups (broad SMARTS) is 1. The number of Topliss-reactive ketones (excluding diaryl/α,β-unsaturated/α-hetero) is 1. The highest BCUT2D eigenvalue weighted by molar-refractivity contribution is 7.90. The molecule has 2 aliphatic rings. The van der Waals surface area contributed by atoms with Gasteiger partial charge in [0.2, 0.25) is 10.0 Å². The second-order valence-electron chi connectivity index (χ2n) is 16.0. The molecule has 0 bridgehead atoms. The molecule has 20 heteroatoms. The molecular weight excluding hydrogens is 904 g/mol. The van der Waals surface area contributed by atoms with Gasteiger partial charge in [-0.05, 0) is 78.8 Å². The molecule has 2 N–H and O–H groups in total. The third-order valence-corrected chi connectivity index (χ3v) is 15.8. The van der Waals surface area contributed by atoms with Gasteiger partial charge in [0.15, 0.2) is 11.6 Å². The fraction of sp³-hybridized carbons (Fsp3) is 0.364. The molecule has 6 aromatic rings. The van der Waals surface area contributed by atoms with Crippen molar-refractivity contribution in [3.8, 4) is 10.8 Å². The molecule has 3 aromatic heterocycles. The summed E-state index contributed by atoms with van der Waals surface area (Å²) < 4.78 is 45.1. The van der Waals surface area contributed by atoms with Crippen molar-refractivity contribution in [2.24, 2.45) is 18.0 Å². The van der Waals surface area contributed by atoms with E-state index in [1.54, 1.807) is 58.8 Å². The largest absolute Gasteiger partial charge is 0.494 e. The van der Waals surface area contributed by atoms with Gasteiger partial charge in [0.1, 0.15) is 34.2 Å². The molecule has 8 rings (SSSR count). The number of thiophene rings is 1. The van der Waals surface area contributed by atoms with Gasteiger partial charge in [0.25, 0.3) is 0 Å². The lowest BCUT2D eigenvalue weighted by Gasteiger charge is -2.21. The third kappa shape index (κ3) is 8.93. The van der Waals surface area contributed by atoms with Gasteiger partial charge >= 0.3 is 11.9 Å². The number of carboxylic acids is 1. The molecule has 3 unspecified atom stereocenters. The summed E-state index contributed by atoms with van der Waals surface area (Å²) in [4.78, 5) is 45.0. The number of carbonyl (C=O) groups excluding carboxylic acids is 2. The highest BCUT2D eigenvalue weighted by Crippen LogP contribution is 2.42. The van der Waals surface area contributed by atoms with Crippen LogP contribution in [0.5, 0.6) is 5.75 Å². The highest BCUT2D eigenvalue weighted by atomic mass is 35.5. The molecule has 1 fully saturated rings. The van der Waals surface area contributed by atoms with Crippen molar-refractivity contribution in [3.63, 3.8) is 0 Å². The van der Waals surface area contributed by atoms with Crippen LogP contribution >= 0.6 is 34.5 Å². The average molecular weight is 948 g/mol. The molecule has 0 saturated heterocycles. The predicted molar refractivity (Wildman–Crippen MR) is 241 cm³/mol. The minimum absolute atomic E-state index is 0.0854. The molecule has 1 aliphatic heterocycles. The number of hydrogen-bond donors (Lipinski definition) is 2. The van der Waals surface area contributed by atoms with Crippen molar-refractivity contribution in [3.05, 3.63) is 115 Å². The number of rotatable bonds is 14. The van der Waals surface area contributed by atoms with Gasteiger partial charge < -0.3 is 14.6 Å². The normalized spacial score (nSPS) is 18.0. The number of aryl methyl sites for hydroxylation is 1. The quantitative estimate of drug-likeness (QED) is 0.0616. The van der Waals surface area contributed by atoms with Crippen molar-refractivity contribution in [2.75, 3.05) is 14.2 Å². The highest BCUT2D eigenvalue weighted by Gasteiger charge is 2.38. The minimum atomic E-state index is -4.00. The second-order valence-corrected chi connectivity index (χ2v) is 19.8. The zero-order chi connectivity index (χ0) is 45.4. The van der Waals surface area contributed by atoms with E-state index >= 15 is 0 Å². The van der Waals surface area contributed by atoms with Crippen molar-refractivity contribution < 1.29 is 37.4 Å². The van der Waals surface area contributed by atoms with Crippen molar-refractivity contribution in [1.29, 1.82) is 0 Å². The number of sulfonamides is 1. The first-order valence-corrected chi connectivity index (χ1v) is 23.6. The van der Waals surface area contributed by atoms with Crippen LogP contribution in [0.15, 0.2) is 65.9 Å². The van der Waals surface area contributed by atoms with Gasteiger partial charge in [-0.2, -0.15) is 0 Å². The Labute approximate surface area is 382 Å². The van der Waals surface area contributed by atoms with Crippen molar-refractivity contribution >= 4 is 79.0 Å². The summed E-state index contributed by atoms with van der Waals surface area (Å²) >= 11 is 14.2. The van der Waals surface area contributed by atoms with E-state index in [2.05, 4.69) is 25.2 Å². The van der Waals surface area contributed by atoms with Gasteiger partial charge in [-0.15, -0.1) is 26.6 Å². The van der Waals surface area contributed by atoms with Gasteiger partial charge in [-0.3, -0.25) is 23.9 Å². The standard InChI is InChI=1S/C44H44Cl2N8O8S2/c1-23-38-39(24-9-12-29(45)13-10-24)49-34(20-37(57)62-4)43-51-47-22-54(43)44(38)63-42(23)41(58)26-7-5-6-8-30(16-26)64(59,60)48-21-28-15-25(11-14-32(28)46)31(19-36(55)56)27-17-33-40(35(18-27)61-3)53(2)52-50-33/h9-15,17-18,22,26,30-31,34,48H,5-8,16,19-21H2,1-4H3,(H,55,56)/t26?,30?,31?,34-/m0/s1. The first-order chi connectivity index (χ1) is 30.7. The Kier molecular flexibility index (Phi) is 13.0. The number of esters is 1. The number of ketones is 1. The molecule has 4 atom stereocenters. The third-order valence-electron chi connectivity index (χ3n) is 12.0. The molecular formula is C44H44Cl2N8O8S2. The molecule has 0 spiro atoms. The van der Waals surface area contributed by atoms with E-state index in [-0.39, 0.29) is 31.6 Å². The van der Waals surface area contributed by atoms with E-state index in [0.29, 0.717) is 102 Å². The summed E-state index contributed by atoms with van der Waals surface area (Å²) in [5.74, 6) is -2.02. The lowest BCUT2D eigenvalue weighted by atomic mass is 9.87. The number of aliphatic imine (C=N–C) groups is 1. The Morgan fingerprint density at radius 1 is 1.02 bits per heavy atom. The monoisotopic (exact) mass is 946 g/mol. The number of aromatic nitrogens is 6. The van der Waals surface area contributed by atoms with Gasteiger partial charge in [-0.1, -0.05) is 65.5 Å². The summed E-state index contributed by atoms with van der Waals surface area (Å²) in [5.41, 5.74) is 5.51. The molecule has 334 valence electrons. The Morgan fingerprint density at radius 2 is 1.78 bits per heavy atom. The topological polar surface area (TPSA) is 210 Å². The molecule has 1 saturated carbocycles. The van der Waals surface area contributed by atoms with Crippen LogP contribution in [0.2, 0.25) is 10.0 Å². The number of nitrogens with zero attached hydrogens (tertiary/aromatic N) is 7.